The van der Waals surface area contributed by atoms with E-state index in [9.17, 15) is 14.7 Å². The highest BCUT2D eigenvalue weighted by atomic mass is 16.5. The smallest absolute Gasteiger partial charge is 0.330 e. The normalized spacial score (nSPS) is 28.5. The van der Waals surface area contributed by atoms with E-state index < -0.39 is 29.7 Å². The number of aliphatic hydroxyl groups excluding tert-OH is 2. The molecule has 0 aliphatic carbocycles. The first kappa shape index (κ1) is 12.0. The Morgan fingerprint density at radius 2 is 2.29 bits per heavy atom. The average Bonchev–Trinajstić information content (AvgIpc) is 2.65. The van der Waals surface area contributed by atoms with Crippen molar-refractivity contribution in [2.45, 2.75) is 31.8 Å². The van der Waals surface area contributed by atoms with Crippen molar-refractivity contribution in [1.29, 1.82) is 0 Å². The molecule has 1 fully saturated rings. The van der Waals surface area contributed by atoms with Crippen LogP contribution >= 0.6 is 0 Å². The second-order valence-corrected chi connectivity index (χ2v) is 4.09. The van der Waals surface area contributed by atoms with Gasteiger partial charge in [-0.3, -0.25) is 14.3 Å². The minimum absolute atomic E-state index is 0.205. The number of aromatic nitrogens is 2. The monoisotopic (exact) mass is 242 g/mol. The van der Waals surface area contributed by atoms with Gasteiger partial charge in [0.15, 0.2) is 0 Å². The fourth-order valence-corrected chi connectivity index (χ4v) is 1.85. The summed E-state index contributed by atoms with van der Waals surface area (Å²) in [4.78, 5) is 24.9. The number of H-pyrrole nitrogens is 1. The highest BCUT2D eigenvalue weighted by Crippen LogP contribution is 2.27. The summed E-state index contributed by atoms with van der Waals surface area (Å²) >= 11 is 0. The molecule has 0 aromatic carbocycles. The van der Waals surface area contributed by atoms with Gasteiger partial charge in [0, 0.05) is 18.2 Å². The molecule has 2 heterocycles. The highest BCUT2D eigenvalue weighted by Gasteiger charge is 2.34. The van der Waals surface area contributed by atoms with Gasteiger partial charge in [-0.1, -0.05) is 0 Å². The maximum absolute atomic E-state index is 11.6. The first-order valence-electron chi connectivity index (χ1n) is 5.29. The van der Waals surface area contributed by atoms with Crippen molar-refractivity contribution in [2.75, 3.05) is 6.61 Å². The predicted molar refractivity (Wildman–Crippen MR) is 57.7 cm³/mol. The van der Waals surface area contributed by atoms with Crippen molar-refractivity contribution in [1.82, 2.24) is 9.55 Å². The van der Waals surface area contributed by atoms with Gasteiger partial charge in [0.05, 0.1) is 12.7 Å². The summed E-state index contributed by atoms with van der Waals surface area (Å²) in [7, 11) is 0. The van der Waals surface area contributed by atoms with Gasteiger partial charge >= 0.3 is 5.69 Å². The summed E-state index contributed by atoms with van der Waals surface area (Å²) in [5.41, 5.74) is -0.643. The summed E-state index contributed by atoms with van der Waals surface area (Å²) in [5.74, 6) is 0. The summed E-state index contributed by atoms with van der Waals surface area (Å²) < 4.78 is 6.54. The van der Waals surface area contributed by atoms with Crippen molar-refractivity contribution in [3.05, 3.63) is 32.6 Å². The van der Waals surface area contributed by atoms with E-state index in [-0.39, 0.29) is 13.0 Å². The van der Waals surface area contributed by atoms with E-state index in [0.29, 0.717) is 5.56 Å². The fraction of sp³-hybridized carbons (Fsp3) is 0.600. The zero-order valence-electron chi connectivity index (χ0n) is 9.29. The van der Waals surface area contributed by atoms with Gasteiger partial charge in [-0.15, -0.1) is 0 Å². The molecule has 1 unspecified atom stereocenters. The standard InChI is InChI=1S/C10H14N2O5/c1-5-3-12(10(16)11-9(5)15)8-2-6(14)7(4-13)17-8/h3,6-8,13-14H,2,4H2,1H3,(H,11,15,16)/t6-,7+,8?/m0/s1. The molecule has 3 N–H and O–H groups in total. The van der Waals surface area contributed by atoms with Crippen LogP contribution in [0.1, 0.15) is 18.2 Å². The lowest BCUT2D eigenvalue weighted by Gasteiger charge is -2.14. The van der Waals surface area contributed by atoms with Crippen molar-refractivity contribution >= 4 is 0 Å². The molecule has 1 aromatic heterocycles. The van der Waals surface area contributed by atoms with E-state index >= 15 is 0 Å². The summed E-state index contributed by atoms with van der Waals surface area (Å²) in [6.45, 7) is 1.26. The molecular weight excluding hydrogens is 228 g/mol. The van der Waals surface area contributed by atoms with Crippen molar-refractivity contribution < 1.29 is 14.9 Å². The number of nitrogens with one attached hydrogen (secondary N) is 1. The number of aliphatic hydroxyl groups is 2. The molecule has 0 saturated carbocycles. The second-order valence-electron chi connectivity index (χ2n) is 4.09. The molecule has 1 saturated heterocycles. The van der Waals surface area contributed by atoms with Crippen LogP contribution in [0, 0.1) is 6.92 Å². The van der Waals surface area contributed by atoms with Gasteiger partial charge in [-0.05, 0) is 6.92 Å². The molecule has 7 heteroatoms. The Bertz CT molecular complexity index is 520. The molecule has 3 atom stereocenters. The van der Waals surface area contributed by atoms with Gasteiger partial charge in [-0.25, -0.2) is 4.79 Å². The van der Waals surface area contributed by atoms with Crippen molar-refractivity contribution in [3.63, 3.8) is 0 Å². The van der Waals surface area contributed by atoms with Crippen molar-refractivity contribution in [3.8, 4) is 0 Å². The Hall–Kier alpha value is -1.44. The Morgan fingerprint density at radius 3 is 2.88 bits per heavy atom. The molecule has 0 bridgehead atoms. The maximum Gasteiger partial charge on any atom is 0.330 e. The number of rotatable bonds is 2. The van der Waals surface area contributed by atoms with Gasteiger partial charge in [0.25, 0.3) is 5.56 Å². The largest absolute Gasteiger partial charge is 0.394 e. The van der Waals surface area contributed by atoms with Crippen LogP contribution in [-0.2, 0) is 4.74 Å². The molecule has 1 aliphatic heterocycles. The minimum Gasteiger partial charge on any atom is -0.394 e. The Kier molecular flexibility index (Phi) is 3.14. The molecule has 1 aliphatic rings. The zero-order chi connectivity index (χ0) is 12.6. The lowest BCUT2D eigenvalue weighted by atomic mass is 10.2. The van der Waals surface area contributed by atoms with Gasteiger partial charge in [0.1, 0.15) is 12.3 Å². The van der Waals surface area contributed by atoms with E-state index in [2.05, 4.69) is 4.98 Å². The van der Waals surface area contributed by atoms with Gasteiger partial charge in [-0.2, -0.15) is 0 Å². The Labute approximate surface area is 96.3 Å². The Balaban J connectivity index is 2.34. The first-order valence-corrected chi connectivity index (χ1v) is 5.29. The molecule has 94 valence electrons. The minimum atomic E-state index is -0.816. The van der Waals surface area contributed by atoms with Crippen LogP contribution in [0.25, 0.3) is 0 Å². The fourth-order valence-electron chi connectivity index (χ4n) is 1.85. The predicted octanol–water partition coefficient (Wildman–Crippen LogP) is -1.51. The molecule has 0 amide bonds. The van der Waals surface area contributed by atoms with Crippen molar-refractivity contribution in [2.24, 2.45) is 0 Å². The second kappa shape index (κ2) is 4.44. The molecule has 7 nitrogen and oxygen atoms in total. The SMILES string of the molecule is Cc1cn(C2C[C@H](O)[C@@H](CO)O2)c(=O)[nH]c1=O. The molecule has 0 radical (unpaired) electrons. The molecule has 1 aromatic rings. The van der Waals surface area contributed by atoms with Crippen LogP contribution in [-0.4, -0.2) is 38.6 Å². The topological polar surface area (TPSA) is 105 Å². The number of ether oxygens (including phenoxy) is 1. The van der Waals surface area contributed by atoms with Crippen LogP contribution in [0.4, 0.5) is 0 Å². The molecular formula is C10H14N2O5. The summed E-state index contributed by atoms with van der Waals surface area (Å²) in [6, 6.07) is 0. The zero-order valence-corrected chi connectivity index (χ0v) is 9.29. The van der Waals surface area contributed by atoms with E-state index in [1.54, 1.807) is 6.92 Å². The van der Waals surface area contributed by atoms with Crippen LogP contribution in [0.3, 0.4) is 0 Å². The van der Waals surface area contributed by atoms with Crippen LogP contribution < -0.4 is 11.2 Å². The number of hydrogen-bond acceptors (Lipinski definition) is 5. The third kappa shape index (κ3) is 2.17. The average molecular weight is 242 g/mol. The van der Waals surface area contributed by atoms with E-state index in [1.165, 1.54) is 10.8 Å². The van der Waals surface area contributed by atoms with E-state index in [1.807, 2.05) is 0 Å². The third-order valence-electron chi connectivity index (χ3n) is 2.84. The lowest BCUT2D eigenvalue weighted by Crippen LogP contribution is -2.33. The molecule has 2 rings (SSSR count). The summed E-state index contributed by atoms with van der Waals surface area (Å²) in [6.07, 6.45) is -0.581. The van der Waals surface area contributed by atoms with Gasteiger partial charge in [0.2, 0.25) is 0 Å². The number of nitrogens with zero attached hydrogens (tertiary/aromatic N) is 1. The van der Waals surface area contributed by atoms with E-state index in [0.717, 1.165) is 0 Å². The highest BCUT2D eigenvalue weighted by molar-refractivity contribution is 5.02. The number of hydrogen-bond donors (Lipinski definition) is 3. The number of aryl methyl sites for hydroxylation is 1. The van der Waals surface area contributed by atoms with E-state index in [4.69, 9.17) is 9.84 Å². The summed E-state index contributed by atoms with van der Waals surface area (Å²) in [5, 5.41) is 18.5. The quantitative estimate of drug-likeness (QED) is 0.584. The Morgan fingerprint density at radius 1 is 1.59 bits per heavy atom. The number of aromatic amines is 1. The van der Waals surface area contributed by atoms with Gasteiger partial charge < -0.3 is 14.9 Å². The maximum atomic E-state index is 11.6. The lowest BCUT2D eigenvalue weighted by molar-refractivity contribution is -0.0459. The third-order valence-corrected chi connectivity index (χ3v) is 2.84. The molecule has 0 spiro atoms. The molecule has 17 heavy (non-hydrogen) atoms. The first-order chi connectivity index (χ1) is 8.02. The van der Waals surface area contributed by atoms with Crippen LogP contribution in [0.5, 0.6) is 0 Å². The van der Waals surface area contributed by atoms with Crippen LogP contribution in [0.2, 0.25) is 0 Å². The van der Waals surface area contributed by atoms with Crippen LogP contribution in [0.15, 0.2) is 15.8 Å².